The van der Waals surface area contributed by atoms with Crippen molar-refractivity contribution in [3.05, 3.63) is 75.3 Å². The van der Waals surface area contributed by atoms with E-state index in [0.29, 0.717) is 6.04 Å². The van der Waals surface area contributed by atoms with Crippen LogP contribution >= 0.6 is 0 Å². The van der Waals surface area contributed by atoms with Crippen LogP contribution in [0.15, 0.2) is 48.5 Å². The third-order valence-electron chi connectivity index (χ3n) is 4.07. The van der Waals surface area contributed by atoms with Gasteiger partial charge in [-0.1, -0.05) is 36.4 Å². The number of benzene rings is 2. The van der Waals surface area contributed by atoms with E-state index in [9.17, 15) is 10.1 Å². The highest BCUT2D eigenvalue weighted by atomic mass is 16.6. The zero-order valence-corrected chi connectivity index (χ0v) is 11.8. The molecule has 0 saturated carbocycles. The Morgan fingerprint density at radius 2 is 1.90 bits per heavy atom. The smallest absolute Gasteiger partial charge is 0.269 e. The predicted molar refractivity (Wildman–Crippen MR) is 82.1 cm³/mol. The second-order valence-electron chi connectivity index (χ2n) is 5.45. The van der Waals surface area contributed by atoms with Crippen LogP contribution in [-0.4, -0.2) is 4.92 Å². The topological polar surface area (TPSA) is 55.2 Å². The minimum Gasteiger partial charge on any atom is -0.306 e. The molecule has 3 rings (SSSR count). The van der Waals surface area contributed by atoms with Gasteiger partial charge in [-0.25, -0.2) is 0 Å². The molecule has 21 heavy (non-hydrogen) atoms. The van der Waals surface area contributed by atoms with Crippen LogP contribution in [0.25, 0.3) is 0 Å². The van der Waals surface area contributed by atoms with Crippen LogP contribution in [0.3, 0.4) is 0 Å². The normalized spacial score (nSPS) is 17.2. The van der Waals surface area contributed by atoms with Gasteiger partial charge in [-0.05, 0) is 36.0 Å². The number of non-ortho nitro benzene ring substituents is 1. The number of hydrogen-bond acceptors (Lipinski definition) is 3. The van der Waals surface area contributed by atoms with Gasteiger partial charge in [0.1, 0.15) is 0 Å². The van der Waals surface area contributed by atoms with Crippen molar-refractivity contribution in [2.75, 3.05) is 0 Å². The fourth-order valence-electron chi connectivity index (χ4n) is 2.94. The van der Waals surface area contributed by atoms with Crippen molar-refractivity contribution >= 4 is 5.69 Å². The largest absolute Gasteiger partial charge is 0.306 e. The maximum absolute atomic E-state index is 10.6. The molecular formula is C17H18N2O2. The summed E-state index contributed by atoms with van der Waals surface area (Å²) in [5.74, 6) is 0. The predicted octanol–water partition coefficient (Wildman–Crippen LogP) is 3.76. The van der Waals surface area contributed by atoms with E-state index in [0.717, 1.165) is 24.9 Å². The lowest BCUT2D eigenvalue weighted by Gasteiger charge is -2.26. The summed E-state index contributed by atoms with van der Waals surface area (Å²) in [7, 11) is 0. The molecule has 0 aliphatic heterocycles. The van der Waals surface area contributed by atoms with E-state index in [4.69, 9.17) is 0 Å². The average Bonchev–Trinajstić information content (AvgIpc) is 2.53. The third kappa shape index (κ3) is 3.11. The highest BCUT2D eigenvalue weighted by molar-refractivity contribution is 5.34. The molecule has 1 aliphatic carbocycles. The summed E-state index contributed by atoms with van der Waals surface area (Å²) in [6.45, 7) is 0.733. The Labute approximate surface area is 124 Å². The molecule has 2 aromatic rings. The van der Waals surface area contributed by atoms with Gasteiger partial charge in [0.05, 0.1) is 4.92 Å². The lowest BCUT2D eigenvalue weighted by atomic mass is 9.87. The zero-order valence-electron chi connectivity index (χ0n) is 11.8. The molecule has 2 aromatic carbocycles. The van der Waals surface area contributed by atoms with Crippen LogP contribution in [0.2, 0.25) is 0 Å². The first-order chi connectivity index (χ1) is 10.2. The number of nitrogens with zero attached hydrogens (tertiary/aromatic N) is 1. The van der Waals surface area contributed by atoms with Crippen molar-refractivity contribution in [3.63, 3.8) is 0 Å². The minimum absolute atomic E-state index is 0.141. The van der Waals surface area contributed by atoms with Gasteiger partial charge < -0.3 is 5.32 Å². The summed E-state index contributed by atoms with van der Waals surface area (Å²) >= 11 is 0. The zero-order chi connectivity index (χ0) is 14.7. The summed E-state index contributed by atoms with van der Waals surface area (Å²) in [5, 5.41) is 14.2. The Balaban J connectivity index is 1.67. The van der Waals surface area contributed by atoms with Gasteiger partial charge in [-0.15, -0.1) is 0 Å². The first-order valence-corrected chi connectivity index (χ1v) is 7.28. The van der Waals surface area contributed by atoms with E-state index < -0.39 is 0 Å². The average molecular weight is 282 g/mol. The van der Waals surface area contributed by atoms with Crippen LogP contribution in [0, 0.1) is 10.1 Å². The Morgan fingerprint density at radius 1 is 1.14 bits per heavy atom. The maximum atomic E-state index is 10.6. The molecule has 0 bridgehead atoms. The standard InChI is InChI=1S/C17H18N2O2/c20-19(21)15-10-8-13(9-11-15)12-18-17-7-3-5-14-4-1-2-6-16(14)17/h1-2,4,6,8-11,17-18H,3,5,7,12H2/t17-/m0/s1. The first kappa shape index (κ1) is 13.8. The van der Waals surface area contributed by atoms with E-state index in [1.165, 1.54) is 17.5 Å². The molecule has 4 heteroatoms. The minimum atomic E-state index is -0.366. The summed E-state index contributed by atoms with van der Waals surface area (Å²) in [4.78, 5) is 10.3. The monoisotopic (exact) mass is 282 g/mol. The van der Waals surface area contributed by atoms with E-state index in [2.05, 4.69) is 29.6 Å². The number of nitro benzene ring substituents is 1. The van der Waals surface area contributed by atoms with Crippen molar-refractivity contribution in [2.24, 2.45) is 0 Å². The summed E-state index contributed by atoms with van der Waals surface area (Å²) in [5.41, 5.74) is 4.04. The molecule has 0 radical (unpaired) electrons. The molecule has 0 aromatic heterocycles. The molecule has 0 heterocycles. The van der Waals surface area contributed by atoms with Gasteiger partial charge >= 0.3 is 0 Å². The molecule has 1 aliphatic rings. The van der Waals surface area contributed by atoms with Gasteiger partial charge in [0.25, 0.3) is 5.69 Å². The summed E-state index contributed by atoms with van der Waals surface area (Å²) in [6, 6.07) is 15.7. The van der Waals surface area contributed by atoms with Crippen molar-refractivity contribution < 1.29 is 4.92 Å². The van der Waals surface area contributed by atoms with E-state index in [1.54, 1.807) is 12.1 Å². The second kappa shape index (κ2) is 6.06. The maximum Gasteiger partial charge on any atom is 0.269 e. The molecule has 108 valence electrons. The number of nitro groups is 1. The van der Waals surface area contributed by atoms with Crippen LogP contribution in [0.5, 0.6) is 0 Å². The van der Waals surface area contributed by atoms with Crippen LogP contribution in [0.4, 0.5) is 5.69 Å². The quantitative estimate of drug-likeness (QED) is 0.686. The van der Waals surface area contributed by atoms with Gasteiger partial charge in [0.2, 0.25) is 0 Å². The van der Waals surface area contributed by atoms with E-state index in [-0.39, 0.29) is 10.6 Å². The summed E-state index contributed by atoms with van der Waals surface area (Å²) < 4.78 is 0. The fraction of sp³-hybridized carbons (Fsp3) is 0.294. The van der Waals surface area contributed by atoms with Gasteiger partial charge in [0, 0.05) is 24.7 Å². The van der Waals surface area contributed by atoms with Crippen molar-refractivity contribution in [1.29, 1.82) is 0 Å². The third-order valence-corrected chi connectivity index (χ3v) is 4.07. The van der Waals surface area contributed by atoms with Crippen molar-refractivity contribution in [3.8, 4) is 0 Å². The summed E-state index contributed by atoms with van der Waals surface area (Å²) in [6.07, 6.45) is 3.50. The van der Waals surface area contributed by atoms with Crippen LogP contribution in [0.1, 0.15) is 35.6 Å². The Bertz CT molecular complexity index is 637. The highest BCUT2D eigenvalue weighted by Gasteiger charge is 2.18. The molecule has 0 spiro atoms. The number of fused-ring (bicyclic) bond motifs is 1. The lowest BCUT2D eigenvalue weighted by molar-refractivity contribution is -0.384. The Morgan fingerprint density at radius 3 is 2.67 bits per heavy atom. The number of nitrogens with one attached hydrogen (secondary N) is 1. The fourth-order valence-corrected chi connectivity index (χ4v) is 2.94. The second-order valence-corrected chi connectivity index (χ2v) is 5.45. The van der Waals surface area contributed by atoms with E-state index >= 15 is 0 Å². The van der Waals surface area contributed by atoms with Crippen LogP contribution < -0.4 is 5.32 Å². The van der Waals surface area contributed by atoms with Gasteiger partial charge in [0.15, 0.2) is 0 Å². The van der Waals surface area contributed by atoms with Gasteiger partial charge in [-0.3, -0.25) is 10.1 Å². The molecular weight excluding hydrogens is 264 g/mol. The molecule has 1 atom stereocenters. The lowest BCUT2D eigenvalue weighted by Crippen LogP contribution is -2.24. The van der Waals surface area contributed by atoms with Crippen molar-refractivity contribution in [2.45, 2.75) is 31.8 Å². The number of rotatable bonds is 4. The molecule has 1 N–H and O–H groups in total. The first-order valence-electron chi connectivity index (χ1n) is 7.28. The van der Waals surface area contributed by atoms with Crippen LogP contribution in [-0.2, 0) is 13.0 Å². The Kier molecular flexibility index (Phi) is 3.97. The SMILES string of the molecule is O=[N+]([O-])c1ccc(CN[C@H]2CCCc3ccccc32)cc1. The number of hydrogen-bond donors (Lipinski definition) is 1. The molecule has 0 saturated heterocycles. The molecule has 0 amide bonds. The highest BCUT2D eigenvalue weighted by Crippen LogP contribution is 2.29. The Hall–Kier alpha value is -2.20. The number of aryl methyl sites for hydroxylation is 1. The van der Waals surface area contributed by atoms with E-state index in [1.807, 2.05) is 12.1 Å². The molecule has 0 fully saturated rings. The van der Waals surface area contributed by atoms with Crippen molar-refractivity contribution in [1.82, 2.24) is 5.32 Å². The van der Waals surface area contributed by atoms with Gasteiger partial charge in [-0.2, -0.15) is 0 Å². The molecule has 4 nitrogen and oxygen atoms in total. The molecule has 0 unspecified atom stereocenters.